The number of hydrogen-bond acceptors (Lipinski definition) is 10. The van der Waals surface area contributed by atoms with E-state index in [1.54, 1.807) is 18.2 Å². The first-order valence-corrected chi connectivity index (χ1v) is 17.1. The number of hydrogen-bond donors (Lipinski definition) is 2. The quantitative estimate of drug-likeness (QED) is 0.433. The molecular weight excluding hydrogens is 605 g/mol. The molecule has 1 unspecified atom stereocenters. The van der Waals surface area contributed by atoms with E-state index in [1.807, 2.05) is 6.07 Å². The van der Waals surface area contributed by atoms with Crippen LogP contribution in [0.5, 0.6) is 0 Å². The highest BCUT2D eigenvalue weighted by Gasteiger charge is 2.45. The largest absolute Gasteiger partial charge is 0.385 e. The van der Waals surface area contributed by atoms with Crippen molar-refractivity contribution in [3.8, 4) is 0 Å². The fraction of sp³-hybridized carbons (Fsp3) is 0.484. The molecule has 4 aliphatic heterocycles. The molecule has 2 aromatic rings. The summed E-state index contributed by atoms with van der Waals surface area (Å²) in [6.45, 7) is 5.44. The highest BCUT2D eigenvalue weighted by molar-refractivity contribution is 7.90. The Labute approximate surface area is 259 Å². The number of alkyl halides is 1. The van der Waals surface area contributed by atoms with Crippen molar-refractivity contribution in [3.05, 3.63) is 52.6 Å². The fourth-order valence-corrected chi connectivity index (χ4v) is 8.33. The van der Waals surface area contributed by atoms with Crippen LogP contribution in [0.15, 0.2) is 35.2 Å². The maximum atomic E-state index is 14.5. The number of halogens is 1. The predicted molar refractivity (Wildman–Crippen MR) is 161 cm³/mol. The van der Waals surface area contributed by atoms with Crippen LogP contribution < -0.4 is 15.1 Å². The SMILES string of the molecule is CS(=O)(=O)c1ccc(N2CC(CN3CCN(c4ccc5c(c4)C(=O)N(C4CCC(=O)NC4=O)C5=O)CC3)C2)c2c1[C@H](O)[C@H](F)C2. The zero-order valence-corrected chi connectivity index (χ0v) is 25.6. The van der Waals surface area contributed by atoms with Crippen LogP contribution in [0.1, 0.15) is 50.8 Å². The number of carbonyl (C=O) groups excluding carboxylic acids is 4. The van der Waals surface area contributed by atoms with E-state index >= 15 is 0 Å². The molecule has 0 radical (unpaired) electrons. The van der Waals surface area contributed by atoms with Crippen molar-refractivity contribution in [2.24, 2.45) is 5.92 Å². The predicted octanol–water partition coefficient (Wildman–Crippen LogP) is 0.677. The summed E-state index contributed by atoms with van der Waals surface area (Å²) in [5.74, 6) is -1.70. The molecule has 12 nitrogen and oxygen atoms in total. The van der Waals surface area contributed by atoms with Crippen molar-refractivity contribution in [2.75, 3.05) is 61.9 Å². The third-order valence-electron chi connectivity index (χ3n) is 9.70. The summed E-state index contributed by atoms with van der Waals surface area (Å²) in [7, 11) is -3.60. The second-order valence-corrected chi connectivity index (χ2v) is 14.6. The van der Waals surface area contributed by atoms with Gasteiger partial charge in [0, 0.05) is 87.8 Å². The van der Waals surface area contributed by atoms with E-state index in [-0.39, 0.29) is 40.8 Å². The number of aliphatic hydroxyl groups is 1. The Morgan fingerprint density at radius 3 is 2.36 bits per heavy atom. The Morgan fingerprint density at radius 2 is 1.67 bits per heavy atom. The topological polar surface area (TPSA) is 148 Å². The average molecular weight is 640 g/mol. The van der Waals surface area contributed by atoms with Crippen molar-refractivity contribution < 1.29 is 37.1 Å². The summed E-state index contributed by atoms with van der Waals surface area (Å²) in [6.07, 6.45) is -1.71. The van der Waals surface area contributed by atoms with Gasteiger partial charge in [-0.25, -0.2) is 12.8 Å². The second-order valence-electron chi connectivity index (χ2n) is 12.6. The van der Waals surface area contributed by atoms with Crippen LogP contribution in [0.2, 0.25) is 0 Å². The van der Waals surface area contributed by atoms with E-state index in [1.165, 1.54) is 6.07 Å². The standard InChI is InChI=1S/C31H34FN5O7S/c1-45(43,44)25-6-4-23(21-13-22(32)28(39)27(21)25)36-15-17(16-36)14-34-8-10-35(11-9-34)18-2-3-19-20(12-18)31(42)37(30(19)41)24-5-7-26(38)33-29(24)40/h2-4,6,12,17,22,24,28,39H,5,7-11,13-16H2,1H3,(H,33,38,40)/t22-,24?,28-/m1/s1. The van der Waals surface area contributed by atoms with Gasteiger partial charge < -0.3 is 14.9 Å². The molecule has 4 amide bonds. The zero-order valence-electron chi connectivity index (χ0n) is 24.7. The number of aliphatic hydroxyl groups excluding tert-OH is 1. The molecule has 7 rings (SSSR count). The molecule has 0 saturated carbocycles. The molecule has 2 N–H and O–H groups in total. The monoisotopic (exact) mass is 639 g/mol. The minimum absolute atomic E-state index is 0.00424. The number of nitrogens with zero attached hydrogens (tertiary/aromatic N) is 4. The molecule has 0 spiro atoms. The van der Waals surface area contributed by atoms with Gasteiger partial charge in [0.25, 0.3) is 11.8 Å². The molecule has 45 heavy (non-hydrogen) atoms. The van der Waals surface area contributed by atoms with E-state index < -0.39 is 51.8 Å². The van der Waals surface area contributed by atoms with E-state index in [4.69, 9.17) is 0 Å². The number of rotatable bonds is 6. The van der Waals surface area contributed by atoms with Gasteiger partial charge in [0.2, 0.25) is 11.8 Å². The summed E-state index contributed by atoms with van der Waals surface area (Å²) in [6, 6.07) is 7.39. The number of imide groups is 2. The summed E-state index contributed by atoms with van der Waals surface area (Å²) in [5.41, 5.74) is 2.92. The average Bonchev–Trinajstić information content (AvgIpc) is 3.41. The first kappa shape index (κ1) is 29.8. The normalized spacial score (nSPS) is 25.8. The Morgan fingerprint density at radius 1 is 0.956 bits per heavy atom. The van der Waals surface area contributed by atoms with Crippen LogP contribution in [0, 0.1) is 5.92 Å². The van der Waals surface area contributed by atoms with E-state index in [2.05, 4.69) is 20.0 Å². The van der Waals surface area contributed by atoms with Crippen molar-refractivity contribution in [1.29, 1.82) is 0 Å². The molecule has 3 saturated heterocycles. The van der Waals surface area contributed by atoms with Gasteiger partial charge in [-0.05, 0) is 42.3 Å². The van der Waals surface area contributed by atoms with Crippen LogP contribution in [0.25, 0.3) is 0 Å². The fourth-order valence-electron chi connectivity index (χ4n) is 7.37. The lowest BCUT2D eigenvalue weighted by Gasteiger charge is -2.45. The number of amides is 4. The second kappa shape index (κ2) is 10.9. The molecular formula is C31H34FN5O7S. The summed E-state index contributed by atoms with van der Waals surface area (Å²) in [4.78, 5) is 57.8. The highest BCUT2D eigenvalue weighted by Crippen LogP contribution is 2.44. The van der Waals surface area contributed by atoms with Gasteiger partial charge in [0.1, 0.15) is 18.3 Å². The Balaban J connectivity index is 0.953. The first-order chi connectivity index (χ1) is 21.4. The van der Waals surface area contributed by atoms with Crippen molar-refractivity contribution >= 4 is 44.8 Å². The number of anilines is 2. The van der Waals surface area contributed by atoms with Gasteiger partial charge in [-0.15, -0.1) is 0 Å². The lowest BCUT2D eigenvalue weighted by Crippen LogP contribution is -2.55. The van der Waals surface area contributed by atoms with Crippen LogP contribution in [0.3, 0.4) is 0 Å². The molecule has 0 bridgehead atoms. The molecule has 14 heteroatoms. The molecule has 3 atom stereocenters. The molecule has 4 heterocycles. The molecule has 0 aromatic heterocycles. The van der Waals surface area contributed by atoms with Gasteiger partial charge >= 0.3 is 0 Å². The number of carbonyl (C=O) groups is 4. The van der Waals surface area contributed by atoms with Gasteiger partial charge in [-0.3, -0.25) is 34.3 Å². The van der Waals surface area contributed by atoms with Crippen molar-refractivity contribution in [1.82, 2.24) is 15.1 Å². The van der Waals surface area contributed by atoms with Crippen LogP contribution in [-0.2, 0) is 25.8 Å². The number of benzene rings is 2. The summed E-state index contributed by atoms with van der Waals surface area (Å²) in [5, 5.41) is 12.6. The molecule has 238 valence electrons. The molecule has 2 aromatic carbocycles. The number of piperidine rings is 1. The van der Waals surface area contributed by atoms with Gasteiger partial charge in [0.05, 0.1) is 16.0 Å². The Hall–Kier alpha value is -3.88. The zero-order chi connectivity index (χ0) is 31.8. The molecule has 3 fully saturated rings. The smallest absolute Gasteiger partial charge is 0.262 e. The van der Waals surface area contributed by atoms with Gasteiger partial charge in [-0.2, -0.15) is 0 Å². The lowest BCUT2D eigenvalue weighted by molar-refractivity contribution is -0.136. The Bertz CT molecular complexity index is 1740. The number of piperazine rings is 1. The third-order valence-corrected chi connectivity index (χ3v) is 10.9. The maximum Gasteiger partial charge on any atom is 0.262 e. The number of nitrogens with one attached hydrogen (secondary N) is 1. The van der Waals surface area contributed by atoms with E-state index in [0.29, 0.717) is 11.5 Å². The number of fused-ring (bicyclic) bond motifs is 2. The van der Waals surface area contributed by atoms with E-state index in [9.17, 15) is 37.1 Å². The maximum absolute atomic E-state index is 14.5. The first-order valence-electron chi connectivity index (χ1n) is 15.2. The van der Waals surface area contributed by atoms with Crippen molar-refractivity contribution in [2.45, 2.75) is 42.5 Å². The van der Waals surface area contributed by atoms with E-state index in [0.717, 1.165) is 68.3 Å². The lowest BCUT2D eigenvalue weighted by atomic mass is 9.95. The molecule has 1 aliphatic carbocycles. The van der Waals surface area contributed by atoms with Gasteiger partial charge in [0.15, 0.2) is 9.84 Å². The Kier molecular flexibility index (Phi) is 7.21. The third kappa shape index (κ3) is 5.08. The summed E-state index contributed by atoms with van der Waals surface area (Å²) < 4.78 is 39.0. The number of sulfone groups is 1. The minimum Gasteiger partial charge on any atom is -0.385 e. The minimum atomic E-state index is -3.60. The van der Waals surface area contributed by atoms with Crippen LogP contribution >= 0.6 is 0 Å². The van der Waals surface area contributed by atoms with Gasteiger partial charge in [-0.1, -0.05) is 0 Å². The van der Waals surface area contributed by atoms with Crippen LogP contribution in [0.4, 0.5) is 15.8 Å². The summed E-state index contributed by atoms with van der Waals surface area (Å²) >= 11 is 0. The molecule has 5 aliphatic rings. The van der Waals surface area contributed by atoms with Crippen molar-refractivity contribution in [3.63, 3.8) is 0 Å². The van der Waals surface area contributed by atoms with Crippen LogP contribution in [-0.4, -0.2) is 111 Å². The highest BCUT2D eigenvalue weighted by atomic mass is 32.2.